The van der Waals surface area contributed by atoms with Gasteiger partial charge in [-0.25, -0.2) is 4.39 Å². The first kappa shape index (κ1) is 14.8. The predicted molar refractivity (Wildman–Crippen MR) is 74.5 cm³/mol. The van der Waals surface area contributed by atoms with Crippen LogP contribution >= 0.6 is 11.6 Å². The molecular formula is C14H16ClFN2O2. The van der Waals surface area contributed by atoms with Crippen LogP contribution in [0.15, 0.2) is 24.4 Å². The van der Waals surface area contributed by atoms with Crippen molar-refractivity contribution in [1.29, 1.82) is 0 Å². The number of aliphatic hydroxyl groups excluding tert-OH is 1. The average Bonchev–Trinajstić information content (AvgIpc) is 2.80. The third-order valence-electron chi connectivity index (χ3n) is 2.96. The van der Waals surface area contributed by atoms with Gasteiger partial charge in [0, 0.05) is 11.6 Å². The van der Waals surface area contributed by atoms with Crippen LogP contribution in [0.2, 0.25) is 5.02 Å². The monoisotopic (exact) mass is 298 g/mol. The molecule has 1 atom stereocenters. The number of methoxy groups -OCH3 is 1. The summed E-state index contributed by atoms with van der Waals surface area (Å²) in [5.74, 6) is -0.0293. The molecule has 0 amide bonds. The number of aliphatic hydroxyl groups is 1. The van der Waals surface area contributed by atoms with Crippen LogP contribution in [-0.2, 0) is 6.54 Å². The lowest BCUT2D eigenvalue weighted by molar-refractivity contribution is 0.201. The number of aryl methyl sites for hydroxylation is 1. The Labute approximate surface area is 121 Å². The molecule has 6 heteroatoms. The fourth-order valence-corrected chi connectivity index (χ4v) is 2.32. The molecule has 20 heavy (non-hydrogen) atoms. The van der Waals surface area contributed by atoms with Gasteiger partial charge in [-0.1, -0.05) is 18.5 Å². The van der Waals surface area contributed by atoms with E-state index in [1.165, 1.54) is 31.5 Å². The fourth-order valence-electron chi connectivity index (χ4n) is 2.09. The van der Waals surface area contributed by atoms with E-state index < -0.39 is 11.9 Å². The third-order valence-corrected chi connectivity index (χ3v) is 3.18. The molecule has 2 aromatic rings. The quantitative estimate of drug-likeness (QED) is 0.922. The molecule has 1 aromatic carbocycles. The van der Waals surface area contributed by atoms with Gasteiger partial charge in [-0.2, -0.15) is 5.10 Å². The molecule has 0 aliphatic rings. The van der Waals surface area contributed by atoms with E-state index in [1.807, 2.05) is 6.92 Å². The second kappa shape index (κ2) is 6.24. The SMILES string of the molecule is CCCn1ncc(OC)c1C(O)c1cc(F)cc(Cl)c1. The minimum Gasteiger partial charge on any atom is -0.493 e. The normalized spacial score (nSPS) is 12.4. The van der Waals surface area contributed by atoms with Crippen LogP contribution in [0, 0.1) is 5.82 Å². The summed E-state index contributed by atoms with van der Waals surface area (Å²) in [5, 5.41) is 14.9. The van der Waals surface area contributed by atoms with Gasteiger partial charge in [0.1, 0.15) is 17.6 Å². The van der Waals surface area contributed by atoms with Gasteiger partial charge in [0.05, 0.1) is 13.3 Å². The average molecular weight is 299 g/mol. The third kappa shape index (κ3) is 2.94. The van der Waals surface area contributed by atoms with Gasteiger partial charge >= 0.3 is 0 Å². The fraction of sp³-hybridized carbons (Fsp3) is 0.357. The molecule has 108 valence electrons. The van der Waals surface area contributed by atoms with Crippen molar-refractivity contribution in [1.82, 2.24) is 9.78 Å². The summed E-state index contributed by atoms with van der Waals surface area (Å²) in [5.41, 5.74) is 0.863. The Bertz CT molecular complexity index is 581. The van der Waals surface area contributed by atoms with E-state index in [-0.39, 0.29) is 5.02 Å². The molecule has 1 aromatic heterocycles. The summed E-state index contributed by atoms with van der Waals surface area (Å²) >= 11 is 5.83. The van der Waals surface area contributed by atoms with Crippen LogP contribution in [0.5, 0.6) is 5.75 Å². The lowest BCUT2D eigenvalue weighted by Crippen LogP contribution is -2.11. The van der Waals surface area contributed by atoms with E-state index in [4.69, 9.17) is 16.3 Å². The molecule has 1 heterocycles. The summed E-state index contributed by atoms with van der Waals surface area (Å²) in [7, 11) is 1.50. The van der Waals surface area contributed by atoms with Gasteiger partial charge in [0.25, 0.3) is 0 Å². The summed E-state index contributed by atoms with van der Waals surface area (Å²) in [6.45, 7) is 2.64. The van der Waals surface area contributed by atoms with Crippen LogP contribution in [0.4, 0.5) is 4.39 Å². The van der Waals surface area contributed by atoms with Gasteiger partial charge in [0.2, 0.25) is 0 Å². The maximum atomic E-state index is 13.4. The standard InChI is InChI=1S/C14H16ClFN2O2/c1-3-4-18-13(12(20-2)8-17-18)14(19)9-5-10(15)7-11(16)6-9/h5-8,14,19H,3-4H2,1-2H3. The molecule has 0 spiro atoms. The highest BCUT2D eigenvalue weighted by Crippen LogP contribution is 2.31. The number of benzene rings is 1. The first-order valence-corrected chi connectivity index (χ1v) is 6.68. The Balaban J connectivity index is 2.45. The van der Waals surface area contributed by atoms with Crippen molar-refractivity contribution in [2.45, 2.75) is 26.0 Å². The first-order valence-electron chi connectivity index (χ1n) is 6.30. The number of nitrogens with zero attached hydrogens (tertiary/aromatic N) is 2. The van der Waals surface area contributed by atoms with Gasteiger partial charge < -0.3 is 9.84 Å². The second-order valence-electron chi connectivity index (χ2n) is 4.43. The Morgan fingerprint density at radius 3 is 2.80 bits per heavy atom. The molecule has 0 radical (unpaired) electrons. The molecule has 0 saturated heterocycles. The Kier molecular flexibility index (Phi) is 4.62. The molecule has 4 nitrogen and oxygen atoms in total. The van der Waals surface area contributed by atoms with Crippen LogP contribution in [0.3, 0.4) is 0 Å². The van der Waals surface area contributed by atoms with Crippen molar-refractivity contribution in [3.8, 4) is 5.75 Å². The smallest absolute Gasteiger partial charge is 0.163 e. The number of hydrogen-bond acceptors (Lipinski definition) is 3. The summed E-state index contributed by atoms with van der Waals surface area (Å²) in [6.07, 6.45) is 1.34. The van der Waals surface area contributed by atoms with E-state index in [9.17, 15) is 9.50 Å². The van der Waals surface area contributed by atoms with Crippen molar-refractivity contribution >= 4 is 11.6 Å². The summed E-state index contributed by atoms with van der Waals surface area (Å²) in [4.78, 5) is 0. The van der Waals surface area contributed by atoms with Crippen LogP contribution in [0.25, 0.3) is 0 Å². The van der Waals surface area contributed by atoms with E-state index in [2.05, 4.69) is 5.10 Å². The molecular weight excluding hydrogens is 283 g/mol. The zero-order valence-corrected chi connectivity index (χ0v) is 12.1. The highest BCUT2D eigenvalue weighted by atomic mass is 35.5. The number of hydrogen-bond donors (Lipinski definition) is 1. The van der Waals surface area contributed by atoms with Gasteiger partial charge in [-0.3, -0.25) is 4.68 Å². The van der Waals surface area contributed by atoms with Crippen molar-refractivity contribution in [3.05, 3.63) is 46.5 Å². The number of rotatable bonds is 5. The van der Waals surface area contributed by atoms with E-state index in [0.717, 1.165) is 6.42 Å². The maximum Gasteiger partial charge on any atom is 0.163 e. The highest BCUT2D eigenvalue weighted by molar-refractivity contribution is 6.30. The van der Waals surface area contributed by atoms with Crippen molar-refractivity contribution in [3.63, 3.8) is 0 Å². The van der Waals surface area contributed by atoms with Gasteiger partial charge in [0.15, 0.2) is 5.75 Å². The van der Waals surface area contributed by atoms with Gasteiger partial charge in [-0.05, 0) is 30.2 Å². The van der Waals surface area contributed by atoms with E-state index in [0.29, 0.717) is 23.6 Å². The summed E-state index contributed by atoms with van der Waals surface area (Å²) in [6, 6.07) is 3.97. The Morgan fingerprint density at radius 2 is 2.20 bits per heavy atom. The molecule has 2 rings (SSSR count). The van der Waals surface area contributed by atoms with E-state index in [1.54, 1.807) is 4.68 Å². The molecule has 1 unspecified atom stereocenters. The zero-order valence-electron chi connectivity index (χ0n) is 11.3. The van der Waals surface area contributed by atoms with Crippen LogP contribution in [0.1, 0.15) is 30.7 Å². The molecule has 0 saturated carbocycles. The number of halogens is 2. The second-order valence-corrected chi connectivity index (χ2v) is 4.86. The molecule has 1 N–H and O–H groups in total. The van der Waals surface area contributed by atoms with Gasteiger partial charge in [-0.15, -0.1) is 0 Å². The van der Waals surface area contributed by atoms with Crippen LogP contribution < -0.4 is 4.74 Å². The van der Waals surface area contributed by atoms with Crippen molar-refractivity contribution < 1.29 is 14.2 Å². The highest BCUT2D eigenvalue weighted by Gasteiger charge is 2.22. The molecule has 0 bridgehead atoms. The number of aromatic nitrogens is 2. The number of ether oxygens (including phenoxy) is 1. The van der Waals surface area contributed by atoms with Crippen molar-refractivity contribution in [2.75, 3.05) is 7.11 Å². The summed E-state index contributed by atoms with van der Waals surface area (Å²) < 4.78 is 20.3. The largest absolute Gasteiger partial charge is 0.493 e. The predicted octanol–water partition coefficient (Wildman–Crippen LogP) is 3.18. The van der Waals surface area contributed by atoms with Crippen LogP contribution in [-0.4, -0.2) is 22.0 Å². The molecule has 0 aliphatic carbocycles. The van der Waals surface area contributed by atoms with Crippen molar-refractivity contribution in [2.24, 2.45) is 0 Å². The minimum atomic E-state index is -1.05. The Morgan fingerprint density at radius 1 is 1.45 bits per heavy atom. The Hall–Kier alpha value is -1.59. The topological polar surface area (TPSA) is 47.3 Å². The van der Waals surface area contributed by atoms with E-state index >= 15 is 0 Å². The molecule has 0 aliphatic heterocycles. The minimum absolute atomic E-state index is 0.236. The zero-order chi connectivity index (χ0) is 14.7. The lowest BCUT2D eigenvalue weighted by Gasteiger charge is -2.15. The maximum absolute atomic E-state index is 13.4. The first-order chi connectivity index (χ1) is 9.56. The lowest BCUT2D eigenvalue weighted by atomic mass is 10.1. The molecule has 0 fully saturated rings.